The van der Waals surface area contributed by atoms with Gasteiger partial charge in [0.2, 0.25) is 0 Å². The van der Waals surface area contributed by atoms with Crippen molar-refractivity contribution in [2.45, 2.75) is 6.92 Å². The molecular weight excluding hydrogens is 296 g/mol. The molecule has 1 aromatic heterocycles. The van der Waals surface area contributed by atoms with Gasteiger partial charge in [0.05, 0.1) is 17.0 Å². The van der Waals surface area contributed by atoms with Gasteiger partial charge in [-0.3, -0.25) is 4.79 Å². The lowest BCUT2D eigenvalue weighted by Gasteiger charge is -2.08. The minimum absolute atomic E-state index is 0.252. The lowest BCUT2D eigenvalue weighted by Crippen LogP contribution is -2.12. The number of carbonyl (C=O) groups is 1. The van der Waals surface area contributed by atoms with Gasteiger partial charge in [-0.2, -0.15) is 8.73 Å². The number of aromatic nitrogens is 1. The first-order valence-electron chi connectivity index (χ1n) is 5.80. The zero-order valence-electron chi connectivity index (χ0n) is 10.4. The van der Waals surface area contributed by atoms with E-state index in [1.165, 1.54) is 6.07 Å². The van der Waals surface area contributed by atoms with Crippen molar-refractivity contribution < 1.29 is 4.79 Å². The van der Waals surface area contributed by atoms with Crippen LogP contribution < -0.4 is 5.32 Å². The lowest BCUT2D eigenvalue weighted by atomic mass is 10.2. The molecule has 5 nitrogen and oxygen atoms in total. The monoisotopic (exact) mass is 304 g/mol. The molecule has 0 bridgehead atoms. The number of hydrogen-bond donors (Lipinski definition) is 1. The predicted molar refractivity (Wildman–Crippen MR) is 79.9 cm³/mol. The summed E-state index contributed by atoms with van der Waals surface area (Å²) < 4.78 is 8.31. The van der Waals surface area contributed by atoms with E-state index in [9.17, 15) is 4.79 Å². The van der Waals surface area contributed by atoms with Gasteiger partial charge in [0, 0.05) is 11.3 Å². The van der Waals surface area contributed by atoms with Gasteiger partial charge in [-0.05, 0) is 31.2 Å². The highest BCUT2D eigenvalue weighted by Crippen LogP contribution is 2.38. The van der Waals surface area contributed by atoms with Crippen molar-refractivity contribution in [1.82, 2.24) is 4.98 Å². The number of rotatable bonds is 2. The van der Waals surface area contributed by atoms with E-state index in [0.717, 1.165) is 17.0 Å². The number of halogens is 1. The number of aryl methyl sites for hydroxylation is 1. The summed E-state index contributed by atoms with van der Waals surface area (Å²) in [5.41, 5.74) is 3.23. The Morgan fingerprint density at radius 2 is 2.15 bits per heavy atom. The van der Waals surface area contributed by atoms with Crippen molar-refractivity contribution in [3.8, 4) is 0 Å². The molecule has 0 fully saturated rings. The highest BCUT2D eigenvalue weighted by atomic mass is 35.5. The van der Waals surface area contributed by atoms with Crippen LogP contribution >= 0.6 is 11.6 Å². The van der Waals surface area contributed by atoms with Gasteiger partial charge in [0.25, 0.3) is 5.91 Å². The standard InChI is InChI=1S/C13H9ClN4OS/c1-7-5-8(6-11(14)15-7)13(19)16-9-3-2-4-10-12(9)18-20-17-10/h2-6H,1H3,(H,16,19). The highest BCUT2D eigenvalue weighted by molar-refractivity contribution is 7.58. The molecule has 0 atom stereocenters. The van der Waals surface area contributed by atoms with Crippen molar-refractivity contribution in [2.24, 2.45) is 8.73 Å². The fraction of sp³-hybridized carbons (Fsp3) is 0.0769. The van der Waals surface area contributed by atoms with Crippen LogP contribution in [0.15, 0.2) is 39.1 Å². The van der Waals surface area contributed by atoms with Crippen molar-refractivity contribution in [3.63, 3.8) is 0 Å². The smallest absolute Gasteiger partial charge is 0.255 e. The molecule has 0 spiro atoms. The average molecular weight is 305 g/mol. The van der Waals surface area contributed by atoms with Crippen LogP contribution in [0.1, 0.15) is 16.1 Å². The highest BCUT2D eigenvalue weighted by Gasteiger charge is 2.14. The number of fused-ring (bicyclic) bond motifs is 1. The van der Waals surface area contributed by atoms with E-state index >= 15 is 0 Å². The summed E-state index contributed by atoms with van der Waals surface area (Å²) in [6, 6.07) is 8.67. The third-order valence-electron chi connectivity index (χ3n) is 2.72. The Morgan fingerprint density at radius 3 is 2.95 bits per heavy atom. The van der Waals surface area contributed by atoms with E-state index in [0.29, 0.717) is 27.8 Å². The summed E-state index contributed by atoms with van der Waals surface area (Å²) in [6.45, 7) is 1.79. The molecule has 0 saturated heterocycles. The Labute approximate surface area is 123 Å². The molecule has 1 amide bonds. The first-order chi connectivity index (χ1) is 9.63. The number of pyridine rings is 1. The number of carbonyl (C=O) groups excluding carboxylic acids is 1. The van der Waals surface area contributed by atoms with E-state index in [-0.39, 0.29) is 5.91 Å². The number of hydrogen-bond acceptors (Lipinski definition) is 4. The van der Waals surface area contributed by atoms with E-state index in [1.807, 2.05) is 12.1 Å². The van der Waals surface area contributed by atoms with E-state index in [4.69, 9.17) is 11.6 Å². The second-order valence-corrected chi connectivity index (χ2v) is 5.13. The Morgan fingerprint density at radius 1 is 1.30 bits per heavy atom. The summed E-state index contributed by atoms with van der Waals surface area (Å²) in [5, 5.41) is 3.12. The van der Waals surface area contributed by atoms with E-state index < -0.39 is 0 Å². The molecule has 1 aliphatic rings. The summed E-state index contributed by atoms with van der Waals surface area (Å²) in [4.78, 5) is 16.3. The molecule has 3 rings (SSSR count). The van der Waals surface area contributed by atoms with E-state index in [2.05, 4.69) is 19.0 Å². The number of nitrogens with one attached hydrogen (secondary N) is 1. The average Bonchev–Trinajstić information content (AvgIpc) is 2.87. The number of nitrogens with zero attached hydrogens (tertiary/aromatic N) is 3. The van der Waals surface area contributed by atoms with Gasteiger partial charge in [0.1, 0.15) is 16.5 Å². The Kier molecular flexibility index (Phi) is 3.33. The van der Waals surface area contributed by atoms with Crippen LogP contribution in [0.2, 0.25) is 5.15 Å². The number of amides is 1. The third-order valence-corrected chi connectivity index (χ3v) is 3.45. The maximum Gasteiger partial charge on any atom is 0.255 e. The summed E-state index contributed by atoms with van der Waals surface area (Å²) in [7, 11) is 0. The van der Waals surface area contributed by atoms with Crippen LogP contribution in [0.3, 0.4) is 0 Å². The first kappa shape index (κ1) is 13.0. The zero-order valence-corrected chi connectivity index (χ0v) is 12.0. The second kappa shape index (κ2) is 5.15. The maximum absolute atomic E-state index is 12.2. The first-order valence-corrected chi connectivity index (χ1v) is 6.91. The summed E-state index contributed by atoms with van der Waals surface area (Å²) in [6.07, 6.45) is 0. The molecule has 1 aromatic carbocycles. The van der Waals surface area contributed by atoms with Crippen molar-refractivity contribution >= 4 is 45.9 Å². The molecule has 20 heavy (non-hydrogen) atoms. The predicted octanol–water partition coefficient (Wildman–Crippen LogP) is 4.02. The fourth-order valence-corrected chi connectivity index (χ4v) is 2.66. The zero-order chi connectivity index (χ0) is 14.1. The minimum Gasteiger partial charge on any atom is -0.320 e. The number of anilines is 1. The molecule has 0 radical (unpaired) electrons. The Balaban J connectivity index is 1.90. The second-order valence-electron chi connectivity index (χ2n) is 4.21. The fourth-order valence-electron chi connectivity index (χ4n) is 1.86. The van der Waals surface area contributed by atoms with Crippen LogP contribution in [-0.4, -0.2) is 10.9 Å². The van der Waals surface area contributed by atoms with Gasteiger partial charge >= 0.3 is 0 Å². The minimum atomic E-state index is -0.252. The van der Waals surface area contributed by atoms with Gasteiger partial charge in [0.15, 0.2) is 0 Å². The molecule has 0 saturated carbocycles. The molecular formula is C13H9ClN4OS. The van der Waals surface area contributed by atoms with Crippen molar-refractivity contribution in [1.29, 1.82) is 0 Å². The molecule has 1 N–H and O–H groups in total. The summed E-state index contributed by atoms with van der Waals surface area (Å²) in [5.74, 6) is -0.252. The van der Waals surface area contributed by atoms with Gasteiger partial charge in [-0.1, -0.05) is 17.7 Å². The van der Waals surface area contributed by atoms with Gasteiger partial charge in [-0.15, -0.1) is 0 Å². The largest absolute Gasteiger partial charge is 0.320 e. The van der Waals surface area contributed by atoms with Crippen LogP contribution in [0.25, 0.3) is 0 Å². The SMILES string of the molecule is Cc1cc(C(=O)Nc2cccc3c2N=S=N3)cc(Cl)n1. The van der Waals surface area contributed by atoms with Gasteiger partial charge < -0.3 is 5.32 Å². The van der Waals surface area contributed by atoms with Crippen LogP contribution in [0, 0.1) is 6.92 Å². The van der Waals surface area contributed by atoms with E-state index in [1.54, 1.807) is 19.1 Å². The van der Waals surface area contributed by atoms with Crippen molar-refractivity contribution in [3.05, 3.63) is 46.7 Å². The van der Waals surface area contributed by atoms with Crippen LogP contribution in [0.4, 0.5) is 17.1 Å². The Hall–Kier alpha value is -2.05. The summed E-state index contributed by atoms with van der Waals surface area (Å²) >= 11 is 6.98. The van der Waals surface area contributed by atoms with Crippen LogP contribution in [-0.2, 0) is 11.4 Å². The molecule has 2 heterocycles. The molecule has 0 aliphatic carbocycles. The topological polar surface area (TPSA) is 66.7 Å². The molecule has 2 aromatic rings. The van der Waals surface area contributed by atoms with Crippen molar-refractivity contribution in [2.75, 3.05) is 5.32 Å². The molecule has 100 valence electrons. The maximum atomic E-state index is 12.2. The third kappa shape index (κ3) is 2.48. The number of benzene rings is 1. The quantitative estimate of drug-likeness (QED) is 0.726. The molecule has 0 unspecified atom stereocenters. The van der Waals surface area contributed by atoms with Crippen LogP contribution in [0.5, 0.6) is 0 Å². The molecule has 7 heteroatoms. The normalized spacial score (nSPS) is 11.9. The van der Waals surface area contributed by atoms with Gasteiger partial charge in [-0.25, -0.2) is 4.98 Å². The molecule has 1 aliphatic heterocycles. The Bertz CT molecular complexity index is 764. The lowest BCUT2D eigenvalue weighted by molar-refractivity contribution is 0.102.